The third kappa shape index (κ3) is 4.58. The quantitative estimate of drug-likeness (QED) is 0.515. The van der Waals surface area contributed by atoms with Crippen LogP contribution in [0.25, 0.3) is 6.08 Å². The standard InChI is InChI=1S/C23H20ClNO3S/c1-17-12-13-18(2)22(16-17)25(29(27,28)20-9-4-3-5-10-20)23(26)15-14-19-8-6-7-11-21(19)24/h3-16H,1-2H3/b15-14+. The lowest BCUT2D eigenvalue weighted by Gasteiger charge is -2.23. The van der Waals surface area contributed by atoms with E-state index in [1.54, 1.807) is 61.5 Å². The van der Waals surface area contributed by atoms with Crippen LogP contribution in [0, 0.1) is 13.8 Å². The van der Waals surface area contributed by atoms with Crippen molar-refractivity contribution in [3.05, 3.63) is 101 Å². The van der Waals surface area contributed by atoms with E-state index in [2.05, 4.69) is 0 Å². The lowest BCUT2D eigenvalue weighted by molar-refractivity contribution is -0.113. The molecule has 4 nitrogen and oxygen atoms in total. The summed E-state index contributed by atoms with van der Waals surface area (Å²) < 4.78 is 27.6. The average Bonchev–Trinajstić information content (AvgIpc) is 2.70. The van der Waals surface area contributed by atoms with Crippen LogP contribution in [0.15, 0.2) is 83.8 Å². The van der Waals surface area contributed by atoms with Gasteiger partial charge in [0.1, 0.15) is 0 Å². The summed E-state index contributed by atoms with van der Waals surface area (Å²) in [6.45, 7) is 3.62. The lowest BCUT2D eigenvalue weighted by Crippen LogP contribution is -2.36. The van der Waals surface area contributed by atoms with Gasteiger partial charge in [0.05, 0.1) is 10.6 Å². The van der Waals surface area contributed by atoms with Crippen molar-refractivity contribution >= 4 is 39.3 Å². The molecule has 0 unspecified atom stereocenters. The Labute approximate surface area is 176 Å². The third-order valence-electron chi connectivity index (χ3n) is 4.38. The largest absolute Gasteiger partial charge is 0.271 e. The minimum absolute atomic E-state index is 0.0420. The van der Waals surface area contributed by atoms with Crippen LogP contribution >= 0.6 is 11.6 Å². The first-order chi connectivity index (χ1) is 13.8. The molecule has 0 aliphatic carbocycles. The van der Waals surface area contributed by atoms with Gasteiger partial charge in [0.25, 0.3) is 15.9 Å². The van der Waals surface area contributed by atoms with E-state index in [0.29, 0.717) is 21.8 Å². The van der Waals surface area contributed by atoms with E-state index >= 15 is 0 Å². The van der Waals surface area contributed by atoms with Crippen molar-refractivity contribution in [3.8, 4) is 0 Å². The number of sulfonamides is 1. The van der Waals surface area contributed by atoms with E-state index < -0.39 is 15.9 Å². The SMILES string of the molecule is Cc1ccc(C)c(N(C(=O)/C=C/c2ccccc2Cl)S(=O)(=O)c2ccccc2)c1. The first-order valence-corrected chi connectivity index (χ1v) is 10.8. The summed E-state index contributed by atoms with van der Waals surface area (Å²) in [7, 11) is -4.11. The fourth-order valence-corrected chi connectivity index (χ4v) is 4.51. The zero-order valence-electron chi connectivity index (χ0n) is 16.0. The highest BCUT2D eigenvalue weighted by Crippen LogP contribution is 2.29. The van der Waals surface area contributed by atoms with E-state index in [9.17, 15) is 13.2 Å². The van der Waals surface area contributed by atoms with Gasteiger partial charge in [-0.15, -0.1) is 0 Å². The number of anilines is 1. The fraction of sp³-hybridized carbons (Fsp3) is 0.0870. The van der Waals surface area contributed by atoms with Crippen molar-refractivity contribution in [2.24, 2.45) is 0 Å². The number of aryl methyl sites for hydroxylation is 2. The van der Waals surface area contributed by atoms with Crippen LogP contribution < -0.4 is 4.31 Å². The minimum atomic E-state index is -4.11. The van der Waals surface area contributed by atoms with Gasteiger partial charge in [-0.2, -0.15) is 4.31 Å². The summed E-state index contributed by atoms with van der Waals surface area (Å²) >= 11 is 6.14. The van der Waals surface area contributed by atoms with E-state index in [1.165, 1.54) is 24.3 Å². The van der Waals surface area contributed by atoms with E-state index in [1.807, 2.05) is 13.0 Å². The van der Waals surface area contributed by atoms with Gasteiger partial charge in [0.2, 0.25) is 0 Å². The fourth-order valence-electron chi connectivity index (χ4n) is 2.84. The minimum Gasteiger partial charge on any atom is -0.268 e. The molecule has 0 heterocycles. The van der Waals surface area contributed by atoms with Crippen LogP contribution in [0.2, 0.25) is 5.02 Å². The molecule has 0 aliphatic rings. The molecule has 0 radical (unpaired) electrons. The highest BCUT2D eigenvalue weighted by Gasteiger charge is 2.30. The number of hydrogen-bond acceptors (Lipinski definition) is 3. The molecule has 0 saturated heterocycles. The van der Waals surface area contributed by atoms with Crippen molar-refractivity contribution < 1.29 is 13.2 Å². The van der Waals surface area contributed by atoms with Crippen molar-refractivity contribution in [1.29, 1.82) is 0 Å². The summed E-state index contributed by atoms with van der Waals surface area (Å²) in [4.78, 5) is 13.2. The molecule has 0 N–H and O–H groups in total. The summed E-state index contributed by atoms with van der Waals surface area (Å²) in [5.74, 6) is -0.678. The van der Waals surface area contributed by atoms with Gasteiger partial charge >= 0.3 is 0 Å². The Bertz CT molecular complexity index is 1170. The zero-order chi connectivity index (χ0) is 21.0. The number of amides is 1. The monoisotopic (exact) mass is 425 g/mol. The van der Waals surface area contributed by atoms with Crippen molar-refractivity contribution in [3.63, 3.8) is 0 Å². The van der Waals surface area contributed by atoms with Crippen molar-refractivity contribution in [2.45, 2.75) is 18.7 Å². The smallest absolute Gasteiger partial charge is 0.268 e. The summed E-state index contributed by atoms with van der Waals surface area (Å²) in [5.41, 5.74) is 2.47. The Morgan fingerprint density at radius 2 is 1.59 bits per heavy atom. The highest BCUT2D eigenvalue weighted by molar-refractivity contribution is 7.93. The molecule has 0 saturated carbocycles. The number of carbonyl (C=O) groups is 1. The maximum absolute atomic E-state index is 13.4. The molecule has 1 amide bonds. The Kier molecular flexibility index (Phi) is 6.20. The first kappa shape index (κ1) is 20.8. The molecule has 29 heavy (non-hydrogen) atoms. The second-order valence-corrected chi connectivity index (χ2v) is 8.76. The number of rotatable bonds is 5. The predicted octanol–water partition coefficient (Wildman–Crippen LogP) is 5.39. The van der Waals surface area contributed by atoms with Crippen molar-refractivity contribution in [1.82, 2.24) is 0 Å². The van der Waals surface area contributed by atoms with Crippen LogP contribution in [0.1, 0.15) is 16.7 Å². The van der Waals surface area contributed by atoms with E-state index in [-0.39, 0.29) is 4.90 Å². The zero-order valence-corrected chi connectivity index (χ0v) is 17.6. The molecule has 3 aromatic carbocycles. The van der Waals surface area contributed by atoms with Crippen LogP contribution in [-0.4, -0.2) is 14.3 Å². The van der Waals surface area contributed by atoms with E-state index in [0.717, 1.165) is 9.87 Å². The molecule has 0 fully saturated rings. The molecule has 148 valence electrons. The van der Waals surface area contributed by atoms with Gasteiger partial charge in [-0.1, -0.05) is 60.1 Å². The molecular formula is C23H20ClNO3S. The predicted molar refractivity (Wildman–Crippen MR) is 118 cm³/mol. The molecule has 0 spiro atoms. The Hall–Kier alpha value is -2.89. The van der Waals surface area contributed by atoms with Crippen LogP contribution in [-0.2, 0) is 14.8 Å². The van der Waals surface area contributed by atoms with Gasteiger partial charge in [-0.25, -0.2) is 8.42 Å². The maximum atomic E-state index is 13.4. The Morgan fingerprint density at radius 3 is 2.28 bits per heavy atom. The van der Waals surface area contributed by atoms with Gasteiger partial charge in [-0.3, -0.25) is 4.79 Å². The molecule has 0 aliphatic heterocycles. The Morgan fingerprint density at radius 1 is 0.931 bits per heavy atom. The molecule has 0 bridgehead atoms. The summed E-state index contributed by atoms with van der Waals surface area (Å²) in [6.07, 6.45) is 2.74. The molecule has 3 aromatic rings. The van der Waals surface area contributed by atoms with Gasteiger partial charge < -0.3 is 0 Å². The Balaban J connectivity index is 2.12. The molecule has 3 rings (SSSR count). The van der Waals surface area contributed by atoms with Crippen LogP contribution in [0.3, 0.4) is 0 Å². The number of nitrogens with zero attached hydrogens (tertiary/aromatic N) is 1. The highest BCUT2D eigenvalue weighted by atomic mass is 35.5. The third-order valence-corrected chi connectivity index (χ3v) is 6.45. The van der Waals surface area contributed by atoms with Gasteiger partial charge in [-0.05, 0) is 60.9 Å². The van der Waals surface area contributed by atoms with Crippen LogP contribution in [0.4, 0.5) is 5.69 Å². The van der Waals surface area contributed by atoms with Gasteiger partial charge in [0.15, 0.2) is 0 Å². The lowest BCUT2D eigenvalue weighted by atomic mass is 10.1. The van der Waals surface area contributed by atoms with Crippen LogP contribution in [0.5, 0.6) is 0 Å². The summed E-state index contributed by atoms with van der Waals surface area (Å²) in [5, 5.41) is 0.473. The summed E-state index contributed by atoms with van der Waals surface area (Å²) in [6, 6.07) is 20.3. The molecule has 6 heteroatoms. The second-order valence-electron chi connectivity index (χ2n) is 6.57. The van der Waals surface area contributed by atoms with Crippen molar-refractivity contribution in [2.75, 3.05) is 4.31 Å². The second kappa shape index (κ2) is 8.64. The average molecular weight is 426 g/mol. The molecule has 0 atom stereocenters. The molecular weight excluding hydrogens is 406 g/mol. The first-order valence-electron chi connectivity index (χ1n) is 8.95. The number of benzene rings is 3. The number of carbonyl (C=O) groups excluding carboxylic acids is 1. The molecule has 0 aromatic heterocycles. The topological polar surface area (TPSA) is 54.5 Å². The number of hydrogen-bond donors (Lipinski definition) is 0. The normalized spacial score (nSPS) is 11.6. The number of halogens is 1. The maximum Gasteiger partial charge on any atom is 0.271 e. The van der Waals surface area contributed by atoms with E-state index in [4.69, 9.17) is 11.6 Å². The van der Waals surface area contributed by atoms with Gasteiger partial charge in [0, 0.05) is 11.1 Å².